The molecule has 7 nitrogen and oxygen atoms in total. The van der Waals surface area contributed by atoms with E-state index >= 15 is 0 Å². The fraction of sp³-hybridized carbons (Fsp3) is 0.368. The van der Waals surface area contributed by atoms with E-state index in [1.165, 1.54) is 23.4 Å². The van der Waals surface area contributed by atoms with Gasteiger partial charge in [0.1, 0.15) is 0 Å². The van der Waals surface area contributed by atoms with E-state index in [0.717, 1.165) is 4.88 Å². The minimum absolute atomic E-state index is 0.116. The minimum atomic E-state index is -3.69. The van der Waals surface area contributed by atoms with E-state index in [2.05, 4.69) is 10.6 Å². The first-order chi connectivity index (χ1) is 13.4. The predicted molar refractivity (Wildman–Crippen MR) is 108 cm³/mol. The normalized spacial score (nSPS) is 17.8. The number of hydrogen-bond donors (Lipinski definition) is 2. The number of rotatable bonds is 6. The van der Waals surface area contributed by atoms with Crippen LogP contribution < -0.4 is 10.6 Å². The largest absolute Gasteiger partial charge is 0.351 e. The lowest BCUT2D eigenvalue weighted by molar-refractivity contribution is -0.126. The molecule has 1 aromatic heterocycles. The molecule has 0 radical (unpaired) electrons. The molecule has 1 fully saturated rings. The van der Waals surface area contributed by atoms with Gasteiger partial charge < -0.3 is 10.6 Å². The molecule has 0 spiro atoms. The van der Waals surface area contributed by atoms with Crippen molar-refractivity contribution >= 4 is 38.9 Å². The molecule has 2 amide bonds. The Kier molecular flexibility index (Phi) is 6.48. The van der Waals surface area contributed by atoms with Crippen LogP contribution in [0.4, 0.5) is 5.69 Å². The van der Waals surface area contributed by atoms with Crippen molar-refractivity contribution in [2.24, 2.45) is 5.92 Å². The molecule has 28 heavy (non-hydrogen) atoms. The van der Waals surface area contributed by atoms with Crippen molar-refractivity contribution < 1.29 is 18.0 Å². The molecule has 1 aliphatic rings. The summed E-state index contributed by atoms with van der Waals surface area (Å²) in [6, 6.07) is 9.94. The van der Waals surface area contributed by atoms with Crippen LogP contribution in [0.15, 0.2) is 46.7 Å². The van der Waals surface area contributed by atoms with Crippen molar-refractivity contribution in [1.29, 1.82) is 0 Å². The Balaban J connectivity index is 1.64. The van der Waals surface area contributed by atoms with Crippen molar-refractivity contribution in [3.63, 3.8) is 0 Å². The zero-order valence-electron chi connectivity index (χ0n) is 15.6. The number of benzene rings is 1. The third-order valence-electron chi connectivity index (χ3n) is 4.58. The van der Waals surface area contributed by atoms with Gasteiger partial charge in [0.05, 0.1) is 17.4 Å². The highest BCUT2D eigenvalue weighted by Gasteiger charge is 2.33. The second kappa shape index (κ2) is 8.85. The Morgan fingerprint density at radius 1 is 1.21 bits per heavy atom. The summed E-state index contributed by atoms with van der Waals surface area (Å²) in [5.74, 6) is -0.695. The third kappa shape index (κ3) is 4.98. The predicted octanol–water partition coefficient (Wildman–Crippen LogP) is 2.42. The van der Waals surface area contributed by atoms with Crippen LogP contribution >= 0.6 is 11.3 Å². The first-order valence-electron chi connectivity index (χ1n) is 9.04. The summed E-state index contributed by atoms with van der Waals surface area (Å²) in [6.07, 6.45) is 1.31. The molecule has 1 aromatic carbocycles. The van der Waals surface area contributed by atoms with Gasteiger partial charge in [0, 0.05) is 30.6 Å². The molecular formula is C19H23N3O4S2. The van der Waals surface area contributed by atoms with Crippen LogP contribution in [-0.2, 0) is 26.2 Å². The van der Waals surface area contributed by atoms with Crippen molar-refractivity contribution in [2.45, 2.75) is 31.2 Å². The van der Waals surface area contributed by atoms with Gasteiger partial charge in [-0.05, 0) is 48.6 Å². The highest BCUT2D eigenvalue weighted by Crippen LogP contribution is 2.25. The van der Waals surface area contributed by atoms with Gasteiger partial charge in [-0.15, -0.1) is 11.3 Å². The molecule has 9 heteroatoms. The molecular weight excluding hydrogens is 398 g/mol. The maximum Gasteiger partial charge on any atom is 0.243 e. The van der Waals surface area contributed by atoms with Crippen molar-refractivity contribution in [3.05, 3.63) is 46.7 Å². The van der Waals surface area contributed by atoms with Gasteiger partial charge in [-0.3, -0.25) is 9.59 Å². The van der Waals surface area contributed by atoms with Gasteiger partial charge in [0.2, 0.25) is 21.8 Å². The van der Waals surface area contributed by atoms with Crippen LogP contribution in [0.1, 0.15) is 24.6 Å². The lowest BCUT2D eigenvalue weighted by Crippen LogP contribution is -2.45. The molecule has 150 valence electrons. The highest BCUT2D eigenvalue weighted by atomic mass is 32.2. The Morgan fingerprint density at radius 3 is 2.61 bits per heavy atom. The topological polar surface area (TPSA) is 95.6 Å². The molecule has 2 heterocycles. The standard InChI is InChI=1S/C19H23N3O4S2/c1-14(23)21-16-6-8-18(9-7-16)28(25,26)22-10-2-4-15(13-22)19(24)20-12-17-5-3-11-27-17/h3,5-9,11,15H,2,4,10,12-13H2,1H3,(H,20,24)(H,21,23)/t15-/m1/s1. The maximum atomic E-state index is 12.9. The number of thiophene rings is 1. The van der Waals surface area contributed by atoms with Gasteiger partial charge in [0.25, 0.3) is 0 Å². The maximum absolute atomic E-state index is 12.9. The molecule has 2 N–H and O–H groups in total. The molecule has 1 atom stereocenters. The zero-order valence-corrected chi connectivity index (χ0v) is 17.2. The summed E-state index contributed by atoms with van der Waals surface area (Å²) in [7, 11) is -3.69. The van der Waals surface area contributed by atoms with Crippen molar-refractivity contribution in [1.82, 2.24) is 9.62 Å². The van der Waals surface area contributed by atoms with Crippen LogP contribution in [0.3, 0.4) is 0 Å². The number of nitrogens with one attached hydrogen (secondary N) is 2. The molecule has 1 aliphatic heterocycles. The second-order valence-corrected chi connectivity index (χ2v) is 9.68. The lowest BCUT2D eigenvalue weighted by atomic mass is 9.99. The van der Waals surface area contributed by atoms with Gasteiger partial charge in [-0.2, -0.15) is 4.31 Å². The summed E-state index contributed by atoms with van der Waals surface area (Å²) < 4.78 is 27.3. The number of piperidine rings is 1. The fourth-order valence-electron chi connectivity index (χ4n) is 3.17. The summed E-state index contributed by atoms with van der Waals surface area (Å²) in [4.78, 5) is 24.8. The Bertz CT molecular complexity index is 925. The summed E-state index contributed by atoms with van der Waals surface area (Å²) in [5.41, 5.74) is 0.538. The smallest absolute Gasteiger partial charge is 0.243 e. The van der Waals surface area contributed by atoms with Crippen LogP contribution in [0.2, 0.25) is 0 Å². The zero-order chi connectivity index (χ0) is 20.1. The second-order valence-electron chi connectivity index (χ2n) is 6.70. The van der Waals surface area contributed by atoms with Crippen LogP contribution in [-0.4, -0.2) is 37.6 Å². The Hall–Kier alpha value is -2.23. The first-order valence-corrected chi connectivity index (χ1v) is 11.4. The van der Waals surface area contributed by atoms with E-state index in [0.29, 0.717) is 31.6 Å². The number of anilines is 1. The number of sulfonamides is 1. The summed E-state index contributed by atoms with van der Waals surface area (Å²) in [6.45, 7) is 2.42. The number of carbonyl (C=O) groups excluding carboxylic acids is 2. The number of carbonyl (C=O) groups is 2. The van der Waals surface area contributed by atoms with E-state index in [1.54, 1.807) is 23.5 Å². The molecule has 0 aliphatic carbocycles. The van der Waals surface area contributed by atoms with Gasteiger partial charge in [-0.25, -0.2) is 8.42 Å². The first kappa shape index (κ1) is 20.5. The van der Waals surface area contributed by atoms with Crippen LogP contribution in [0.5, 0.6) is 0 Å². The van der Waals surface area contributed by atoms with Crippen molar-refractivity contribution in [3.8, 4) is 0 Å². The average molecular weight is 422 g/mol. The average Bonchev–Trinajstić information content (AvgIpc) is 3.20. The summed E-state index contributed by atoms with van der Waals surface area (Å²) >= 11 is 1.57. The van der Waals surface area contributed by atoms with E-state index in [9.17, 15) is 18.0 Å². The number of hydrogen-bond acceptors (Lipinski definition) is 5. The van der Waals surface area contributed by atoms with Gasteiger partial charge in [-0.1, -0.05) is 6.07 Å². The molecule has 0 bridgehead atoms. The SMILES string of the molecule is CC(=O)Nc1ccc(S(=O)(=O)N2CCC[C@@H](C(=O)NCc3cccs3)C2)cc1. The molecule has 0 saturated carbocycles. The molecule has 2 aromatic rings. The van der Waals surface area contributed by atoms with Crippen LogP contribution in [0.25, 0.3) is 0 Å². The molecule has 1 saturated heterocycles. The quantitative estimate of drug-likeness (QED) is 0.749. The van der Waals surface area contributed by atoms with E-state index in [4.69, 9.17) is 0 Å². The Morgan fingerprint density at radius 2 is 1.96 bits per heavy atom. The van der Waals surface area contributed by atoms with E-state index in [-0.39, 0.29) is 29.2 Å². The monoisotopic (exact) mass is 421 g/mol. The fourth-order valence-corrected chi connectivity index (χ4v) is 5.34. The number of amides is 2. The molecule has 0 unspecified atom stereocenters. The van der Waals surface area contributed by atoms with E-state index < -0.39 is 10.0 Å². The Labute approximate surface area is 168 Å². The lowest BCUT2D eigenvalue weighted by Gasteiger charge is -2.31. The number of nitrogens with zero attached hydrogens (tertiary/aromatic N) is 1. The van der Waals surface area contributed by atoms with Crippen LogP contribution in [0, 0.1) is 5.92 Å². The summed E-state index contributed by atoms with van der Waals surface area (Å²) in [5, 5.41) is 7.47. The highest BCUT2D eigenvalue weighted by molar-refractivity contribution is 7.89. The van der Waals surface area contributed by atoms with Gasteiger partial charge in [0.15, 0.2) is 0 Å². The van der Waals surface area contributed by atoms with E-state index in [1.807, 2.05) is 17.5 Å². The molecule has 3 rings (SSSR count). The minimum Gasteiger partial charge on any atom is -0.351 e. The third-order valence-corrected chi connectivity index (χ3v) is 7.34. The van der Waals surface area contributed by atoms with Gasteiger partial charge >= 0.3 is 0 Å². The van der Waals surface area contributed by atoms with Crippen molar-refractivity contribution in [2.75, 3.05) is 18.4 Å².